The molecule has 3 aromatic rings. The fourth-order valence-corrected chi connectivity index (χ4v) is 3.43. The average Bonchev–Trinajstić information content (AvgIpc) is 3.37. The molecule has 4 heterocycles. The van der Waals surface area contributed by atoms with Crippen LogP contribution in [0.15, 0.2) is 36.7 Å². The maximum Gasteiger partial charge on any atom is 0.433 e. The zero-order valence-corrected chi connectivity index (χ0v) is 18.1. The Kier molecular flexibility index (Phi) is 7.78. The van der Waals surface area contributed by atoms with E-state index in [0.717, 1.165) is 29.2 Å². The second-order valence-electron chi connectivity index (χ2n) is 7.66. The molecule has 3 N–H and O–H groups in total. The van der Waals surface area contributed by atoms with Crippen molar-refractivity contribution in [2.75, 3.05) is 18.4 Å². The minimum absolute atomic E-state index is 0.0238. The number of anilines is 1. The van der Waals surface area contributed by atoms with Crippen LogP contribution in [0.4, 0.5) is 32.3 Å². The van der Waals surface area contributed by atoms with Crippen molar-refractivity contribution in [3.05, 3.63) is 53.9 Å². The summed E-state index contributed by atoms with van der Waals surface area (Å²) in [5.74, 6) is -4.15. The molecule has 4 rings (SSSR count). The molecule has 10 nitrogen and oxygen atoms in total. The highest BCUT2D eigenvalue weighted by Crippen LogP contribution is 2.27. The number of rotatable bonds is 4. The Balaban J connectivity index is 0.000000454. The number of carbonyl (C=O) groups is 2. The zero-order valence-electron chi connectivity index (χ0n) is 18.1. The van der Waals surface area contributed by atoms with Crippen LogP contribution in [0.25, 0.3) is 5.52 Å². The maximum absolute atomic E-state index is 12.8. The molecule has 1 amide bonds. The van der Waals surface area contributed by atoms with Gasteiger partial charge in [-0.05, 0) is 18.2 Å². The van der Waals surface area contributed by atoms with E-state index in [0.29, 0.717) is 25.2 Å². The first-order valence-electron chi connectivity index (χ1n) is 10.2. The predicted octanol–water partition coefficient (Wildman–Crippen LogP) is -0.157. The van der Waals surface area contributed by atoms with Crippen LogP contribution < -0.4 is 15.3 Å². The highest BCUT2D eigenvalue weighted by Gasteiger charge is 2.33. The zero-order chi connectivity index (χ0) is 26.7. The Morgan fingerprint density at radius 2 is 1.86 bits per heavy atom. The topological polar surface area (TPSA) is 137 Å². The highest BCUT2D eigenvalue weighted by atomic mass is 19.4. The van der Waals surface area contributed by atoms with E-state index in [2.05, 4.69) is 20.3 Å². The SMILES string of the molecule is O=C(Nc1nccc(C(F)(F)F)n1)c1nc(C[NH+]2CCC(O)C2)c2ccccn12.O=C([O-])C(F)(F)F. The number of pyridine rings is 1. The number of quaternary nitrogens is 1. The molecular formula is C20H18F6N6O4. The number of aliphatic hydroxyl groups is 1. The van der Waals surface area contributed by atoms with Gasteiger partial charge in [-0.2, -0.15) is 26.3 Å². The largest absolute Gasteiger partial charge is 0.542 e. The Bertz CT molecular complexity index is 1250. The van der Waals surface area contributed by atoms with Crippen molar-refractivity contribution in [3.63, 3.8) is 0 Å². The molecule has 2 atom stereocenters. The van der Waals surface area contributed by atoms with Gasteiger partial charge in [-0.1, -0.05) is 6.07 Å². The first kappa shape index (κ1) is 26.8. The van der Waals surface area contributed by atoms with Crippen LogP contribution >= 0.6 is 0 Å². The van der Waals surface area contributed by atoms with Crippen LogP contribution in [0.2, 0.25) is 0 Å². The summed E-state index contributed by atoms with van der Waals surface area (Å²) >= 11 is 0. The summed E-state index contributed by atoms with van der Waals surface area (Å²) in [7, 11) is 0. The number of hydrogen-bond acceptors (Lipinski definition) is 7. The Hall–Kier alpha value is -3.79. The minimum Gasteiger partial charge on any atom is -0.542 e. The fourth-order valence-electron chi connectivity index (χ4n) is 3.43. The number of aliphatic carboxylic acids is 1. The van der Waals surface area contributed by atoms with Gasteiger partial charge in [-0.25, -0.2) is 15.0 Å². The number of halogens is 6. The molecule has 0 aromatic carbocycles. The van der Waals surface area contributed by atoms with Crippen molar-refractivity contribution in [2.45, 2.75) is 31.4 Å². The molecule has 1 fully saturated rings. The van der Waals surface area contributed by atoms with Gasteiger partial charge in [-0.3, -0.25) is 14.5 Å². The molecule has 1 saturated heterocycles. The van der Waals surface area contributed by atoms with Gasteiger partial charge in [0.15, 0.2) is 0 Å². The third-order valence-electron chi connectivity index (χ3n) is 5.00. The fraction of sp³-hybridized carbons (Fsp3) is 0.350. The summed E-state index contributed by atoms with van der Waals surface area (Å²) in [4.78, 5) is 34.1. The van der Waals surface area contributed by atoms with Crippen molar-refractivity contribution in [1.82, 2.24) is 19.4 Å². The third kappa shape index (κ3) is 6.66. The molecule has 0 radical (unpaired) electrons. The summed E-state index contributed by atoms with van der Waals surface area (Å²) in [6.07, 6.45) is -6.88. The number of imidazole rings is 1. The molecule has 0 bridgehead atoms. The molecular weight excluding hydrogens is 502 g/mol. The van der Waals surface area contributed by atoms with E-state index < -0.39 is 35.9 Å². The second-order valence-corrected chi connectivity index (χ2v) is 7.66. The van der Waals surface area contributed by atoms with Crippen LogP contribution in [0.5, 0.6) is 0 Å². The summed E-state index contributed by atoms with van der Waals surface area (Å²) in [5.41, 5.74) is 0.244. The predicted molar refractivity (Wildman–Crippen MR) is 106 cm³/mol. The Labute approximate surface area is 198 Å². The number of carboxylic acid groups (broad SMARTS) is 1. The van der Waals surface area contributed by atoms with Gasteiger partial charge < -0.3 is 19.9 Å². The first-order valence-corrected chi connectivity index (χ1v) is 10.2. The van der Waals surface area contributed by atoms with Crippen molar-refractivity contribution in [2.24, 2.45) is 0 Å². The molecule has 16 heteroatoms. The third-order valence-corrected chi connectivity index (χ3v) is 5.00. The molecule has 36 heavy (non-hydrogen) atoms. The standard InChI is InChI=1S/C18H17F3N6O2.C2HF3O2/c19-18(20,21)14-4-6-22-17(24-14)25-16(29)15-23-12(10-26-8-5-11(28)9-26)13-3-1-2-7-27(13)15;3-2(4,5)1(6)7/h1-4,6-7,11,28H,5,8-10H2,(H,22,24,25,29);(H,6,7). The van der Waals surface area contributed by atoms with E-state index in [-0.39, 0.29) is 11.9 Å². The number of nitrogens with one attached hydrogen (secondary N) is 2. The molecule has 0 aliphatic carbocycles. The van der Waals surface area contributed by atoms with E-state index in [1.807, 2.05) is 12.1 Å². The number of carboxylic acids is 1. The van der Waals surface area contributed by atoms with E-state index >= 15 is 0 Å². The van der Waals surface area contributed by atoms with Crippen molar-refractivity contribution in [3.8, 4) is 0 Å². The quantitative estimate of drug-likeness (QED) is 0.407. The molecule has 1 aliphatic rings. The number of amides is 1. The van der Waals surface area contributed by atoms with E-state index in [1.165, 1.54) is 0 Å². The number of carbonyl (C=O) groups excluding carboxylic acids is 2. The lowest BCUT2D eigenvalue weighted by Crippen LogP contribution is -3.09. The Morgan fingerprint density at radius 3 is 2.44 bits per heavy atom. The lowest BCUT2D eigenvalue weighted by molar-refractivity contribution is -0.902. The minimum atomic E-state index is -5.19. The smallest absolute Gasteiger partial charge is 0.433 e. The molecule has 2 unspecified atom stereocenters. The van der Waals surface area contributed by atoms with Gasteiger partial charge >= 0.3 is 12.4 Å². The summed E-state index contributed by atoms with van der Waals surface area (Å²) < 4.78 is 71.6. The number of alkyl halides is 6. The monoisotopic (exact) mass is 520 g/mol. The van der Waals surface area contributed by atoms with E-state index in [1.54, 1.807) is 16.7 Å². The van der Waals surface area contributed by atoms with E-state index in [9.17, 15) is 36.2 Å². The highest BCUT2D eigenvalue weighted by molar-refractivity contribution is 6.01. The second kappa shape index (κ2) is 10.4. The van der Waals surface area contributed by atoms with Crippen molar-refractivity contribution < 1.29 is 51.0 Å². The molecule has 0 saturated carbocycles. The number of aliphatic hydroxyl groups excluding tert-OH is 1. The van der Waals surface area contributed by atoms with Gasteiger partial charge in [0.25, 0.3) is 5.91 Å². The lowest BCUT2D eigenvalue weighted by atomic mass is 10.3. The van der Waals surface area contributed by atoms with Crippen LogP contribution in [-0.4, -0.2) is 61.7 Å². The van der Waals surface area contributed by atoms with Crippen LogP contribution in [0, 0.1) is 0 Å². The molecule has 0 spiro atoms. The normalized spacial score (nSPS) is 18.0. The van der Waals surface area contributed by atoms with Gasteiger partial charge in [0.2, 0.25) is 11.8 Å². The maximum atomic E-state index is 12.8. The number of fused-ring (bicyclic) bond motifs is 1. The summed E-state index contributed by atoms with van der Waals surface area (Å²) in [6, 6.07) is 6.08. The van der Waals surface area contributed by atoms with Gasteiger partial charge in [0, 0.05) is 18.8 Å². The average molecular weight is 520 g/mol. The van der Waals surface area contributed by atoms with Crippen molar-refractivity contribution >= 4 is 23.3 Å². The van der Waals surface area contributed by atoms with E-state index in [4.69, 9.17) is 9.90 Å². The van der Waals surface area contributed by atoms with Crippen LogP contribution in [0.3, 0.4) is 0 Å². The lowest BCUT2D eigenvalue weighted by Gasteiger charge is -2.10. The number of aromatic nitrogens is 4. The molecule has 1 aliphatic heterocycles. The van der Waals surface area contributed by atoms with Gasteiger partial charge in [0.05, 0.1) is 12.1 Å². The number of likely N-dealkylation sites (tertiary alicyclic amines) is 1. The Morgan fingerprint density at radius 1 is 1.17 bits per heavy atom. The summed E-state index contributed by atoms with van der Waals surface area (Å²) in [6.45, 7) is 1.93. The van der Waals surface area contributed by atoms with Crippen LogP contribution in [0.1, 0.15) is 28.4 Å². The number of hydrogen-bond donors (Lipinski definition) is 3. The van der Waals surface area contributed by atoms with Crippen molar-refractivity contribution in [1.29, 1.82) is 0 Å². The number of nitrogens with zero attached hydrogens (tertiary/aromatic N) is 4. The summed E-state index contributed by atoms with van der Waals surface area (Å²) in [5, 5.41) is 20.8. The first-order chi connectivity index (χ1) is 16.8. The van der Waals surface area contributed by atoms with Gasteiger partial charge in [-0.15, -0.1) is 0 Å². The molecule has 194 valence electrons. The van der Waals surface area contributed by atoms with Crippen LogP contribution in [-0.2, 0) is 17.5 Å². The van der Waals surface area contributed by atoms with Gasteiger partial charge in [0.1, 0.15) is 36.6 Å². The molecule has 3 aromatic heterocycles.